The van der Waals surface area contributed by atoms with E-state index in [-0.39, 0.29) is 18.6 Å². The first-order valence-corrected chi connectivity index (χ1v) is 9.68. The third-order valence-corrected chi connectivity index (χ3v) is 5.68. The predicted octanol–water partition coefficient (Wildman–Crippen LogP) is 3.68. The van der Waals surface area contributed by atoms with Gasteiger partial charge in [0.2, 0.25) is 5.91 Å². The molecule has 5 heteroatoms. The van der Waals surface area contributed by atoms with Crippen LogP contribution < -0.4 is 0 Å². The summed E-state index contributed by atoms with van der Waals surface area (Å²) in [6, 6.07) is 9.63. The predicted molar refractivity (Wildman–Crippen MR) is 100 cm³/mol. The highest BCUT2D eigenvalue weighted by Crippen LogP contribution is 2.33. The van der Waals surface area contributed by atoms with Crippen LogP contribution in [0, 0.1) is 11.8 Å². The summed E-state index contributed by atoms with van der Waals surface area (Å²) in [5, 5.41) is 0. The van der Waals surface area contributed by atoms with E-state index in [1.54, 1.807) is 4.90 Å². The van der Waals surface area contributed by atoms with E-state index in [1.807, 2.05) is 42.2 Å². The van der Waals surface area contributed by atoms with E-state index in [0.717, 1.165) is 31.5 Å². The van der Waals surface area contributed by atoms with Crippen LogP contribution in [0.5, 0.6) is 0 Å². The molecule has 26 heavy (non-hydrogen) atoms. The normalized spacial score (nSPS) is 28.9. The van der Waals surface area contributed by atoms with Gasteiger partial charge in [-0.1, -0.05) is 44.2 Å². The SMILES string of the molecule is CC1CC(C)CN(C(=O)C2(C)CCCN2C(=O)OCc2ccccc2)C1. The van der Waals surface area contributed by atoms with Crippen LogP contribution in [0.2, 0.25) is 0 Å². The van der Waals surface area contributed by atoms with Crippen LogP contribution in [-0.4, -0.2) is 47.0 Å². The minimum absolute atomic E-state index is 0.0741. The van der Waals surface area contributed by atoms with Crippen molar-refractivity contribution in [3.8, 4) is 0 Å². The molecule has 0 aliphatic carbocycles. The summed E-state index contributed by atoms with van der Waals surface area (Å²) < 4.78 is 5.50. The van der Waals surface area contributed by atoms with Crippen molar-refractivity contribution >= 4 is 12.0 Å². The van der Waals surface area contributed by atoms with Gasteiger partial charge in [0.15, 0.2) is 0 Å². The Morgan fingerprint density at radius 1 is 1.15 bits per heavy atom. The molecule has 0 bridgehead atoms. The monoisotopic (exact) mass is 358 g/mol. The average Bonchev–Trinajstić information content (AvgIpc) is 3.02. The first-order chi connectivity index (χ1) is 12.4. The van der Waals surface area contributed by atoms with E-state index in [9.17, 15) is 9.59 Å². The highest BCUT2D eigenvalue weighted by Gasteiger charge is 2.49. The minimum atomic E-state index is -0.787. The number of piperidine rings is 1. The van der Waals surface area contributed by atoms with Crippen molar-refractivity contribution in [2.24, 2.45) is 11.8 Å². The van der Waals surface area contributed by atoms with Gasteiger partial charge in [0.25, 0.3) is 0 Å². The average molecular weight is 358 g/mol. The van der Waals surface area contributed by atoms with Crippen LogP contribution in [0.1, 0.15) is 45.6 Å². The molecule has 142 valence electrons. The molecule has 1 aromatic carbocycles. The van der Waals surface area contributed by atoms with Gasteiger partial charge in [-0.05, 0) is 43.6 Å². The van der Waals surface area contributed by atoms with Crippen LogP contribution in [0.25, 0.3) is 0 Å². The van der Waals surface area contributed by atoms with Crippen LogP contribution in [-0.2, 0) is 16.1 Å². The van der Waals surface area contributed by atoms with Gasteiger partial charge in [0.05, 0.1) is 0 Å². The molecular weight excluding hydrogens is 328 g/mol. The van der Waals surface area contributed by atoms with Crippen molar-refractivity contribution in [1.82, 2.24) is 9.80 Å². The fourth-order valence-electron chi connectivity index (χ4n) is 4.44. The third-order valence-electron chi connectivity index (χ3n) is 5.68. The molecule has 3 atom stereocenters. The number of benzene rings is 1. The molecule has 0 aromatic heterocycles. The Morgan fingerprint density at radius 3 is 2.46 bits per heavy atom. The molecule has 3 rings (SSSR count). The maximum absolute atomic E-state index is 13.3. The molecule has 0 N–H and O–H groups in total. The maximum atomic E-state index is 13.3. The quantitative estimate of drug-likeness (QED) is 0.828. The second-order valence-corrected chi connectivity index (χ2v) is 8.23. The van der Waals surface area contributed by atoms with E-state index in [1.165, 1.54) is 0 Å². The van der Waals surface area contributed by atoms with Crippen molar-refractivity contribution in [2.45, 2.75) is 52.2 Å². The summed E-state index contributed by atoms with van der Waals surface area (Å²) in [4.78, 5) is 29.6. The zero-order chi connectivity index (χ0) is 18.7. The number of hydrogen-bond donors (Lipinski definition) is 0. The molecule has 0 radical (unpaired) electrons. The number of likely N-dealkylation sites (tertiary alicyclic amines) is 2. The molecule has 3 unspecified atom stereocenters. The summed E-state index contributed by atoms with van der Waals surface area (Å²) in [5.74, 6) is 1.09. The Bertz CT molecular complexity index is 638. The van der Waals surface area contributed by atoms with Crippen molar-refractivity contribution < 1.29 is 14.3 Å². The summed E-state index contributed by atoms with van der Waals surface area (Å²) in [6.45, 7) is 8.66. The van der Waals surface area contributed by atoms with E-state index < -0.39 is 5.54 Å². The Hall–Kier alpha value is -2.04. The lowest BCUT2D eigenvalue weighted by atomic mass is 9.89. The molecule has 0 spiro atoms. The number of ether oxygens (including phenoxy) is 1. The molecule has 2 aliphatic rings. The Morgan fingerprint density at radius 2 is 1.81 bits per heavy atom. The zero-order valence-corrected chi connectivity index (χ0v) is 16.1. The maximum Gasteiger partial charge on any atom is 0.410 e. The molecular formula is C21H30N2O3. The first-order valence-electron chi connectivity index (χ1n) is 9.68. The van der Waals surface area contributed by atoms with Gasteiger partial charge in [-0.25, -0.2) is 4.79 Å². The number of carbonyl (C=O) groups is 2. The molecule has 0 saturated carbocycles. The molecule has 2 heterocycles. The van der Waals surface area contributed by atoms with Gasteiger partial charge in [-0.3, -0.25) is 9.69 Å². The van der Waals surface area contributed by atoms with Crippen molar-refractivity contribution in [3.63, 3.8) is 0 Å². The number of hydrogen-bond acceptors (Lipinski definition) is 3. The van der Waals surface area contributed by atoms with Crippen molar-refractivity contribution in [3.05, 3.63) is 35.9 Å². The van der Waals surface area contributed by atoms with Gasteiger partial charge in [-0.2, -0.15) is 0 Å². The molecule has 2 amide bonds. The topological polar surface area (TPSA) is 49.9 Å². The lowest BCUT2D eigenvalue weighted by Gasteiger charge is -2.42. The van der Waals surface area contributed by atoms with Crippen molar-refractivity contribution in [1.29, 1.82) is 0 Å². The highest BCUT2D eigenvalue weighted by molar-refractivity contribution is 5.90. The summed E-state index contributed by atoms with van der Waals surface area (Å²) >= 11 is 0. The van der Waals surface area contributed by atoms with Crippen LogP contribution in [0.4, 0.5) is 4.79 Å². The number of rotatable bonds is 3. The van der Waals surface area contributed by atoms with Crippen LogP contribution >= 0.6 is 0 Å². The summed E-state index contributed by atoms with van der Waals surface area (Å²) in [7, 11) is 0. The van der Waals surface area contributed by atoms with Gasteiger partial charge in [0, 0.05) is 19.6 Å². The fourth-order valence-corrected chi connectivity index (χ4v) is 4.44. The fraction of sp³-hybridized carbons (Fsp3) is 0.619. The van der Waals surface area contributed by atoms with E-state index in [0.29, 0.717) is 24.8 Å². The number of amides is 2. The van der Waals surface area contributed by atoms with E-state index in [2.05, 4.69) is 13.8 Å². The second-order valence-electron chi connectivity index (χ2n) is 8.23. The lowest BCUT2D eigenvalue weighted by Crippen LogP contribution is -2.58. The second kappa shape index (κ2) is 7.68. The first kappa shape index (κ1) is 18.7. The standard InChI is InChI=1S/C21H30N2O3/c1-16-12-17(2)14-22(13-16)19(24)21(3)10-7-11-23(21)20(25)26-15-18-8-5-4-6-9-18/h4-6,8-9,16-17H,7,10-15H2,1-3H3. The zero-order valence-electron chi connectivity index (χ0n) is 16.1. The Kier molecular flexibility index (Phi) is 5.54. The van der Waals surface area contributed by atoms with E-state index in [4.69, 9.17) is 4.74 Å². The van der Waals surface area contributed by atoms with Gasteiger partial charge < -0.3 is 9.64 Å². The Labute approximate surface area is 156 Å². The summed E-state index contributed by atoms with van der Waals surface area (Å²) in [6.07, 6.45) is 2.30. The summed E-state index contributed by atoms with van der Waals surface area (Å²) in [5.41, 5.74) is 0.164. The highest BCUT2D eigenvalue weighted by atomic mass is 16.6. The molecule has 2 aliphatic heterocycles. The smallest absolute Gasteiger partial charge is 0.410 e. The number of carbonyl (C=O) groups excluding carboxylic acids is 2. The largest absolute Gasteiger partial charge is 0.445 e. The third kappa shape index (κ3) is 3.87. The number of nitrogens with zero attached hydrogens (tertiary/aromatic N) is 2. The minimum Gasteiger partial charge on any atom is -0.445 e. The molecule has 1 aromatic rings. The molecule has 2 fully saturated rings. The molecule has 2 saturated heterocycles. The molecule has 5 nitrogen and oxygen atoms in total. The van der Waals surface area contributed by atoms with Gasteiger partial charge in [-0.15, -0.1) is 0 Å². The van der Waals surface area contributed by atoms with Crippen LogP contribution in [0.15, 0.2) is 30.3 Å². The lowest BCUT2D eigenvalue weighted by molar-refractivity contribution is -0.144. The van der Waals surface area contributed by atoms with Gasteiger partial charge in [0.1, 0.15) is 12.1 Å². The van der Waals surface area contributed by atoms with Crippen LogP contribution in [0.3, 0.4) is 0 Å². The van der Waals surface area contributed by atoms with Gasteiger partial charge >= 0.3 is 6.09 Å². The van der Waals surface area contributed by atoms with E-state index >= 15 is 0 Å². The Balaban J connectivity index is 1.67. The van der Waals surface area contributed by atoms with Crippen molar-refractivity contribution in [2.75, 3.05) is 19.6 Å².